The minimum Gasteiger partial charge on any atom is -0.396 e. The zero-order valence-electron chi connectivity index (χ0n) is 14.8. The molecule has 1 aromatic carbocycles. The standard InChI is InChI=1S/C20H28F2N2O/c21-17-4-5-19(22)15(10-17)11-23-8-6-20(7-9-23)14-24(12-16(20)13-25)18-2-1-3-18/h4-5,10,16,18,25H,1-3,6-9,11-14H2. The molecule has 2 aliphatic heterocycles. The summed E-state index contributed by atoms with van der Waals surface area (Å²) in [7, 11) is 0. The van der Waals surface area contributed by atoms with Crippen molar-refractivity contribution in [1.29, 1.82) is 0 Å². The summed E-state index contributed by atoms with van der Waals surface area (Å²) in [4.78, 5) is 4.83. The van der Waals surface area contributed by atoms with Crippen LogP contribution in [0.1, 0.15) is 37.7 Å². The van der Waals surface area contributed by atoms with Gasteiger partial charge in [-0.15, -0.1) is 0 Å². The molecule has 25 heavy (non-hydrogen) atoms. The van der Waals surface area contributed by atoms with Gasteiger partial charge >= 0.3 is 0 Å². The normalized spacial score (nSPS) is 27.7. The highest BCUT2D eigenvalue weighted by Crippen LogP contribution is 2.47. The first-order chi connectivity index (χ1) is 12.1. The minimum absolute atomic E-state index is 0.210. The number of nitrogens with zero attached hydrogens (tertiary/aromatic N) is 2. The van der Waals surface area contributed by atoms with E-state index < -0.39 is 0 Å². The second-order valence-electron chi connectivity index (χ2n) is 8.27. The van der Waals surface area contributed by atoms with Crippen molar-refractivity contribution < 1.29 is 13.9 Å². The summed E-state index contributed by atoms with van der Waals surface area (Å²) in [6.45, 7) is 4.65. The molecule has 0 radical (unpaired) electrons. The van der Waals surface area contributed by atoms with Crippen molar-refractivity contribution in [2.75, 3.05) is 32.8 Å². The number of benzene rings is 1. The molecule has 2 heterocycles. The second kappa shape index (κ2) is 6.93. The number of hydrogen-bond donors (Lipinski definition) is 1. The van der Waals surface area contributed by atoms with Crippen LogP contribution in [0.15, 0.2) is 18.2 Å². The third kappa shape index (κ3) is 3.34. The van der Waals surface area contributed by atoms with Gasteiger partial charge in [0.15, 0.2) is 0 Å². The number of hydrogen-bond acceptors (Lipinski definition) is 3. The average Bonchev–Trinajstić information content (AvgIpc) is 2.89. The molecular formula is C20H28F2N2O. The summed E-state index contributed by atoms with van der Waals surface area (Å²) in [6, 6.07) is 4.42. The van der Waals surface area contributed by atoms with E-state index in [0.29, 0.717) is 18.0 Å². The Morgan fingerprint density at radius 3 is 2.56 bits per heavy atom. The highest BCUT2D eigenvalue weighted by Gasteiger charge is 2.49. The Balaban J connectivity index is 1.39. The molecule has 1 atom stereocenters. The fraction of sp³-hybridized carbons (Fsp3) is 0.700. The topological polar surface area (TPSA) is 26.7 Å². The molecule has 2 saturated heterocycles. The van der Waals surface area contributed by atoms with Gasteiger partial charge in [-0.1, -0.05) is 6.42 Å². The highest BCUT2D eigenvalue weighted by molar-refractivity contribution is 5.18. The van der Waals surface area contributed by atoms with E-state index in [-0.39, 0.29) is 23.7 Å². The van der Waals surface area contributed by atoms with Crippen molar-refractivity contribution in [2.45, 2.75) is 44.7 Å². The predicted octanol–water partition coefficient (Wildman–Crippen LogP) is 3.02. The lowest BCUT2D eigenvalue weighted by atomic mass is 9.71. The Bertz CT molecular complexity index is 612. The van der Waals surface area contributed by atoms with E-state index in [2.05, 4.69) is 9.80 Å². The smallest absolute Gasteiger partial charge is 0.127 e. The summed E-state index contributed by atoms with van der Waals surface area (Å²) < 4.78 is 27.3. The summed E-state index contributed by atoms with van der Waals surface area (Å²) in [5.41, 5.74) is 0.651. The lowest BCUT2D eigenvalue weighted by molar-refractivity contribution is 0.0450. The van der Waals surface area contributed by atoms with Gasteiger partial charge in [0, 0.05) is 43.8 Å². The van der Waals surface area contributed by atoms with Crippen LogP contribution in [-0.2, 0) is 6.54 Å². The van der Waals surface area contributed by atoms with Crippen LogP contribution in [0.25, 0.3) is 0 Å². The van der Waals surface area contributed by atoms with E-state index in [1.807, 2.05) is 0 Å². The maximum Gasteiger partial charge on any atom is 0.127 e. The third-order valence-corrected chi connectivity index (χ3v) is 6.90. The van der Waals surface area contributed by atoms with Crippen molar-refractivity contribution in [3.63, 3.8) is 0 Å². The molecule has 1 saturated carbocycles. The van der Waals surface area contributed by atoms with Crippen LogP contribution in [-0.4, -0.2) is 53.7 Å². The van der Waals surface area contributed by atoms with Gasteiger partial charge in [0.25, 0.3) is 0 Å². The van der Waals surface area contributed by atoms with Crippen molar-refractivity contribution in [3.05, 3.63) is 35.4 Å². The number of piperidine rings is 1. The summed E-state index contributed by atoms with van der Waals surface area (Å²) in [6.07, 6.45) is 6.03. The fourth-order valence-electron chi connectivity index (χ4n) is 4.98. The number of likely N-dealkylation sites (tertiary alicyclic amines) is 2. The average molecular weight is 350 g/mol. The molecule has 3 aliphatic rings. The molecule has 1 unspecified atom stereocenters. The molecule has 0 bridgehead atoms. The second-order valence-corrected chi connectivity index (χ2v) is 8.27. The van der Waals surface area contributed by atoms with Crippen molar-refractivity contribution in [1.82, 2.24) is 9.80 Å². The maximum absolute atomic E-state index is 13.9. The Labute approximate surface area is 148 Å². The van der Waals surface area contributed by atoms with E-state index in [1.54, 1.807) is 0 Å². The van der Waals surface area contributed by atoms with Gasteiger partial charge in [0.1, 0.15) is 11.6 Å². The van der Waals surface area contributed by atoms with Crippen molar-refractivity contribution in [2.24, 2.45) is 11.3 Å². The molecule has 1 aromatic rings. The quantitative estimate of drug-likeness (QED) is 0.904. The Hall–Kier alpha value is -1.04. The van der Waals surface area contributed by atoms with E-state index in [9.17, 15) is 13.9 Å². The number of aliphatic hydroxyl groups is 1. The third-order valence-electron chi connectivity index (χ3n) is 6.90. The monoisotopic (exact) mass is 350 g/mol. The van der Waals surface area contributed by atoms with E-state index in [0.717, 1.165) is 45.1 Å². The van der Waals surface area contributed by atoms with E-state index in [4.69, 9.17) is 0 Å². The van der Waals surface area contributed by atoms with Crippen molar-refractivity contribution >= 4 is 0 Å². The lowest BCUT2D eigenvalue weighted by Crippen LogP contribution is -2.45. The van der Waals surface area contributed by atoms with Crippen LogP contribution in [0.2, 0.25) is 0 Å². The first-order valence-corrected chi connectivity index (χ1v) is 9.61. The minimum atomic E-state index is -0.378. The van der Waals surface area contributed by atoms with E-state index in [1.165, 1.54) is 37.5 Å². The first kappa shape index (κ1) is 17.4. The predicted molar refractivity (Wildman–Crippen MR) is 93.1 cm³/mol. The molecule has 3 nitrogen and oxygen atoms in total. The van der Waals surface area contributed by atoms with Crippen LogP contribution in [0.3, 0.4) is 0 Å². The summed E-state index contributed by atoms with van der Waals surface area (Å²) >= 11 is 0. The molecule has 4 rings (SSSR count). The van der Waals surface area contributed by atoms with Gasteiger partial charge in [0.2, 0.25) is 0 Å². The maximum atomic E-state index is 13.9. The molecule has 3 fully saturated rings. The van der Waals surface area contributed by atoms with Crippen LogP contribution in [0.4, 0.5) is 8.78 Å². The van der Waals surface area contributed by atoms with E-state index >= 15 is 0 Å². The van der Waals surface area contributed by atoms with Gasteiger partial charge in [-0.05, 0) is 62.4 Å². The zero-order chi connectivity index (χ0) is 17.4. The van der Waals surface area contributed by atoms with Crippen LogP contribution in [0, 0.1) is 23.0 Å². The van der Waals surface area contributed by atoms with Gasteiger partial charge in [-0.3, -0.25) is 9.80 Å². The Morgan fingerprint density at radius 2 is 1.92 bits per heavy atom. The molecule has 138 valence electrons. The molecule has 0 amide bonds. The van der Waals surface area contributed by atoms with Crippen molar-refractivity contribution in [3.8, 4) is 0 Å². The lowest BCUT2D eigenvalue weighted by Gasteiger charge is -2.43. The molecule has 5 heteroatoms. The van der Waals surface area contributed by atoms with Crippen LogP contribution < -0.4 is 0 Å². The van der Waals surface area contributed by atoms with Gasteiger partial charge in [-0.2, -0.15) is 0 Å². The SMILES string of the molecule is OCC1CN(C2CCC2)CC12CCN(Cc1cc(F)ccc1F)CC2. The molecular weight excluding hydrogens is 322 g/mol. The van der Waals surface area contributed by atoms with Crippen LogP contribution in [0.5, 0.6) is 0 Å². The molecule has 1 aliphatic carbocycles. The largest absolute Gasteiger partial charge is 0.396 e. The van der Waals surface area contributed by atoms with Gasteiger partial charge in [0.05, 0.1) is 0 Å². The van der Waals surface area contributed by atoms with Gasteiger partial charge < -0.3 is 5.11 Å². The fourth-order valence-corrected chi connectivity index (χ4v) is 4.98. The molecule has 1 spiro atoms. The zero-order valence-corrected chi connectivity index (χ0v) is 14.8. The Morgan fingerprint density at radius 1 is 1.16 bits per heavy atom. The Kier molecular flexibility index (Phi) is 4.82. The highest BCUT2D eigenvalue weighted by atomic mass is 19.1. The summed E-state index contributed by atoms with van der Waals surface area (Å²) in [5, 5.41) is 9.91. The number of aliphatic hydroxyl groups excluding tert-OH is 1. The van der Waals surface area contributed by atoms with Gasteiger partial charge in [-0.25, -0.2) is 8.78 Å². The molecule has 0 aromatic heterocycles. The van der Waals surface area contributed by atoms with Crippen LogP contribution >= 0.6 is 0 Å². The number of rotatable bonds is 4. The summed E-state index contributed by atoms with van der Waals surface area (Å²) in [5.74, 6) is -0.342. The molecule has 1 N–H and O–H groups in total. The number of halogens is 2. The first-order valence-electron chi connectivity index (χ1n) is 9.61.